The zero-order valence-corrected chi connectivity index (χ0v) is 10.7. The van der Waals surface area contributed by atoms with Crippen LogP contribution in [0.5, 0.6) is 0 Å². The number of pyridine rings is 1. The minimum Gasteiger partial charge on any atom is -0.308 e. The average Bonchev–Trinajstić information content (AvgIpc) is 2.38. The maximum atomic E-state index is 4.46. The van der Waals surface area contributed by atoms with Gasteiger partial charge in [0.1, 0.15) is 0 Å². The minimum atomic E-state index is 0.686. The predicted octanol–water partition coefficient (Wildman–Crippen LogP) is 2.63. The monoisotopic (exact) mass is 236 g/mol. The fourth-order valence-electron chi connectivity index (χ4n) is 2.10. The quantitative estimate of drug-likeness (QED) is 0.870. The van der Waals surface area contributed by atoms with Gasteiger partial charge in [-0.05, 0) is 36.6 Å². The highest BCUT2D eigenvalue weighted by molar-refractivity contribution is 7.99. The second-order valence-corrected chi connectivity index (χ2v) is 5.41. The third-order valence-corrected chi connectivity index (χ3v) is 4.30. The molecule has 0 bridgehead atoms. The van der Waals surface area contributed by atoms with Crippen molar-refractivity contribution in [3.05, 3.63) is 29.6 Å². The number of thioether (sulfide) groups is 1. The number of aromatic nitrogens is 1. The summed E-state index contributed by atoms with van der Waals surface area (Å²) in [5, 5.41) is 3.63. The van der Waals surface area contributed by atoms with E-state index >= 15 is 0 Å². The van der Waals surface area contributed by atoms with E-state index in [1.807, 2.05) is 12.3 Å². The highest BCUT2D eigenvalue weighted by atomic mass is 32.2. The van der Waals surface area contributed by atoms with Gasteiger partial charge >= 0.3 is 0 Å². The Hall–Kier alpha value is -0.540. The van der Waals surface area contributed by atoms with Gasteiger partial charge in [0.2, 0.25) is 0 Å². The first-order valence-corrected chi connectivity index (χ1v) is 7.29. The lowest BCUT2D eigenvalue weighted by Gasteiger charge is -2.22. The fraction of sp³-hybridized carbons (Fsp3) is 0.615. The van der Waals surface area contributed by atoms with Gasteiger partial charge in [-0.1, -0.05) is 13.0 Å². The molecule has 0 amide bonds. The molecule has 0 saturated carbocycles. The number of nitrogens with zero attached hydrogens (tertiary/aromatic N) is 1. The summed E-state index contributed by atoms with van der Waals surface area (Å²) < 4.78 is 0. The topological polar surface area (TPSA) is 24.9 Å². The number of hydrogen-bond acceptors (Lipinski definition) is 3. The molecule has 1 N–H and O–H groups in total. The molecule has 2 heterocycles. The summed E-state index contributed by atoms with van der Waals surface area (Å²) >= 11 is 2.07. The minimum absolute atomic E-state index is 0.686. The number of rotatable bonds is 4. The molecular weight excluding hydrogens is 216 g/mol. The first kappa shape index (κ1) is 11.9. The van der Waals surface area contributed by atoms with Crippen molar-refractivity contribution in [3.8, 4) is 0 Å². The Bertz CT molecular complexity index is 321. The summed E-state index contributed by atoms with van der Waals surface area (Å²) in [5.74, 6) is 2.59. The molecule has 1 unspecified atom stereocenters. The molecule has 16 heavy (non-hydrogen) atoms. The molecule has 0 aromatic carbocycles. The summed E-state index contributed by atoms with van der Waals surface area (Å²) in [4.78, 5) is 4.46. The van der Waals surface area contributed by atoms with Crippen molar-refractivity contribution in [2.24, 2.45) is 0 Å². The predicted molar refractivity (Wildman–Crippen MR) is 70.8 cm³/mol. The van der Waals surface area contributed by atoms with Crippen LogP contribution in [0.15, 0.2) is 18.3 Å². The molecule has 88 valence electrons. The van der Waals surface area contributed by atoms with E-state index in [0.717, 1.165) is 13.0 Å². The Morgan fingerprint density at radius 3 is 3.25 bits per heavy atom. The van der Waals surface area contributed by atoms with Crippen LogP contribution in [0.25, 0.3) is 0 Å². The van der Waals surface area contributed by atoms with Gasteiger partial charge in [-0.3, -0.25) is 4.98 Å². The maximum Gasteiger partial charge on any atom is 0.0573 e. The van der Waals surface area contributed by atoms with Crippen LogP contribution in [0.2, 0.25) is 0 Å². The Kier molecular flexibility index (Phi) is 4.67. The summed E-state index contributed by atoms with van der Waals surface area (Å²) in [7, 11) is 0. The van der Waals surface area contributed by atoms with Crippen molar-refractivity contribution in [1.82, 2.24) is 10.3 Å². The van der Waals surface area contributed by atoms with Gasteiger partial charge in [0.15, 0.2) is 0 Å². The smallest absolute Gasteiger partial charge is 0.0573 e. The number of aryl methyl sites for hydroxylation is 1. The molecule has 1 aliphatic heterocycles. The third kappa shape index (κ3) is 3.22. The molecular formula is C13H20N2S. The second kappa shape index (κ2) is 6.26. The Morgan fingerprint density at radius 1 is 1.56 bits per heavy atom. The van der Waals surface area contributed by atoms with Crippen molar-refractivity contribution >= 4 is 11.8 Å². The van der Waals surface area contributed by atoms with E-state index in [4.69, 9.17) is 0 Å². The van der Waals surface area contributed by atoms with Crippen molar-refractivity contribution in [2.75, 3.05) is 11.5 Å². The van der Waals surface area contributed by atoms with E-state index in [-0.39, 0.29) is 0 Å². The molecule has 1 aromatic heterocycles. The molecule has 2 rings (SSSR count). The Balaban J connectivity index is 1.88. The van der Waals surface area contributed by atoms with E-state index in [2.05, 4.69) is 35.1 Å². The van der Waals surface area contributed by atoms with Gasteiger partial charge in [0.25, 0.3) is 0 Å². The molecule has 0 spiro atoms. The van der Waals surface area contributed by atoms with Crippen LogP contribution < -0.4 is 5.32 Å². The van der Waals surface area contributed by atoms with Gasteiger partial charge in [-0.15, -0.1) is 0 Å². The average molecular weight is 236 g/mol. The maximum absolute atomic E-state index is 4.46. The van der Waals surface area contributed by atoms with Crippen LogP contribution in [0.3, 0.4) is 0 Å². The van der Waals surface area contributed by atoms with Crippen LogP contribution in [0.1, 0.15) is 31.0 Å². The van der Waals surface area contributed by atoms with Gasteiger partial charge in [-0.2, -0.15) is 11.8 Å². The van der Waals surface area contributed by atoms with Crippen LogP contribution >= 0.6 is 11.8 Å². The lowest BCUT2D eigenvalue weighted by Crippen LogP contribution is -2.33. The molecule has 0 aliphatic carbocycles. The molecule has 1 atom stereocenters. The second-order valence-electron chi connectivity index (χ2n) is 4.26. The van der Waals surface area contributed by atoms with Gasteiger partial charge in [0, 0.05) is 24.5 Å². The van der Waals surface area contributed by atoms with Crippen molar-refractivity contribution in [3.63, 3.8) is 0 Å². The summed E-state index contributed by atoms with van der Waals surface area (Å²) in [6.45, 7) is 3.12. The SMILES string of the molecule is CCc1cccnc1CNC1CCCSC1. The van der Waals surface area contributed by atoms with E-state index in [1.54, 1.807) is 0 Å². The van der Waals surface area contributed by atoms with Crippen LogP contribution in [0, 0.1) is 0 Å². The molecule has 1 fully saturated rings. The van der Waals surface area contributed by atoms with Crippen molar-refractivity contribution < 1.29 is 0 Å². The van der Waals surface area contributed by atoms with E-state index in [9.17, 15) is 0 Å². The number of nitrogens with one attached hydrogen (secondary N) is 1. The fourth-order valence-corrected chi connectivity index (χ4v) is 3.20. The molecule has 1 saturated heterocycles. The zero-order chi connectivity index (χ0) is 11.2. The highest BCUT2D eigenvalue weighted by Crippen LogP contribution is 2.17. The molecule has 1 aromatic rings. The molecule has 2 nitrogen and oxygen atoms in total. The third-order valence-electron chi connectivity index (χ3n) is 3.08. The zero-order valence-electron chi connectivity index (χ0n) is 9.91. The lowest BCUT2D eigenvalue weighted by molar-refractivity contribution is 0.502. The van der Waals surface area contributed by atoms with Gasteiger partial charge in [0.05, 0.1) is 5.69 Å². The van der Waals surface area contributed by atoms with Gasteiger partial charge in [-0.25, -0.2) is 0 Å². The highest BCUT2D eigenvalue weighted by Gasteiger charge is 2.13. The van der Waals surface area contributed by atoms with Crippen molar-refractivity contribution in [1.29, 1.82) is 0 Å². The Labute approximate surface area is 102 Å². The first-order valence-electron chi connectivity index (χ1n) is 6.14. The standard InChI is InChI=1S/C13H20N2S/c1-2-11-5-3-7-14-13(11)9-15-12-6-4-8-16-10-12/h3,5,7,12,15H,2,4,6,8-10H2,1H3. The number of hydrogen-bond donors (Lipinski definition) is 1. The van der Waals surface area contributed by atoms with Crippen LogP contribution in [0.4, 0.5) is 0 Å². The summed E-state index contributed by atoms with van der Waals surface area (Å²) in [6, 6.07) is 4.89. The lowest BCUT2D eigenvalue weighted by atomic mass is 10.1. The normalized spacial score (nSPS) is 20.9. The van der Waals surface area contributed by atoms with Crippen molar-refractivity contribution in [2.45, 2.75) is 38.8 Å². The van der Waals surface area contributed by atoms with E-state index in [1.165, 1.54) is 35.6 Å². The van der Waals surface area contributed by atoms with E-state index in [0.29, 0.717) is 6.04 Å². The van der Waals surface area contributed by atoms with E-state index < -0.39 is 0 Å². The summed E-state index contributed by atoms with van der Waals surface area (Å²) in [5.41, 5.74) is 2.60. The summed E-state index contributed by atoms with van der Waals surface area (Å²) in [6.07, 6.45) is 5.64. The van der Waals surface area contributed by atoms with Crippen LogP contribution in [-0.2, 0) is 13.0 Å². The van der Waals surface area contributed by atoms with Gasteiger partial charge < -0.3 is 5.32 Å². The van der Waals surface area contributed by atoms with Crippen LogP contribution in [-0.4, -0.2) is 22.5 Å². The largest absolute Gasteiger partial charge is 0.308 e. The molecule has 3 heteroatoms. The molecule has 0 radical (unpaired) electrons. The Morgan fingerprint density at radius 2 is 2.50 bits per heavy atom. The molecule has 1 aliphatic rings. The first-order chi connectivity index (χ1) is 7.90.